The van der Waals surface area contributed by atoms with Crippen molar-refractivity contribution in [3.05, 3.63) is 71.8 Å². The van der Waals surface area contributed by atoms with E-state index < -0.39 is 11.8 Å². The molecule has 2 amide bonds. The lowest BCUT2D eigenvalue weighted by atomic mass is 10.1. The fraction of sp³-hybridized carbons (Fsp3) is 0.105. The molecule has 0 radical (unpaired) electrons. The first-order chi connectivity index (χ1) is 11.6. The van der Waals surface area contributed by atoms with Gasteiger partial charge in [-0.05, 0) is 23.8 Å². The van der Waals surface area contributed by atoms with E-state index >= 15 is 0 Å². The number of benzene rings is 2. The topological polar surface area (TPSA) is 72.5 Å². The molecule has 122 valence electrons. The molecule has 0 atom stereocenters. The Morgan fingerprint density at radius 1 is 1.00 bits per heavy atom. The summed E-state index contributed by atoms with van der Waals surface area (Å²) in [7, 11) is 1.57. The van der Waals surface area contributed by atoms with Crippen LogP contribution in [0.5, 0.6) is 5.75 Å². The number of hydrogen-bond acceptors (Lipinski definition) is 4. The molecule has 0 aromatic heterocycles. The molecular weight excluding hydrogens is 306 g/mol. The van der Waals surface area contributed by atoms with Gasteiger partial charge < -0.3 is 4.74 Å². The quantitative estimate of drug-likeness (QED) is 0.504. The zero-order valence-electron chi connectivity index (χ0n) is 13.2. The van der Waals surface area contributed by atoms with Crippen molar-refractivity contribution in [2.75, 3.05) is 7.11 Å². The molecule has 2 aromatic carbocycles. The minimum absolute atomic E-state index is 0.333. The summed E-state index contributed by atoms with van der Waals surface area (Å²) in [6, 6.07) is 15.6. The van der Waals surface area contributed by atoms with Crippen LogP contribution in [0.2, 0.25) is 0 Å². The van der Waals surface area contributed by atoms with Gasteiger partial charge in [-0.2, -0.15) is 0 Å². The molecule has 0 aliphatic heterocycles. The van der Waals surface area contributed by atoms with Crippen LogP contribution in [-0.4, -0.2) is 24.7 Å². The molecule has 0 bridgehead atoms. The Morgan fingerprint density at radius 3 is 2.29 bits per heavy atom. The predicted octanol–water partition coefficient (Wildman–Crippen LogP) is 2.62. The van der Waals surface area contributed by atoms with Gasteiger partial charge in [-0.15, -0.1) is 0 Å². The third kappa shape index (κ3) is 5.21. The average molecular weight is 323 g/mol. The number of carbonyl (C=O) groups is 3. The zero-order valence-corrected chi connectivity index (χ0v) is 13.2. The van der Waals surface area contributed by atoms with Gasteiger partial charge in [0.15, 0.2) is 5.78 Å². The Balaban J connectivity index is 1.85. The SMILES string of the molecule is COc1ccc(C=CC(=O)NC(=O)CC(=O)c2ccccc2)cc1. The van der Waals surface area contributed by atoms with E-state index in [0.29, 0.717) is 11.3 Å². The Kier molecular flexibility index (Phi) is 6.02. The second kappa shape index (κ2) is 8.43. The number of amides is 2. The minimum Gasteiger partial charge on any atom is -0.497 e. The third-order valence-electron chi connectivity index (χ3n) is 3.22. The maximum Gasteiger partial charge on any atom is 0.250 e. The fourth-order valence-corrected chi connectivity index (χ4v) is 1.98. The highest BCUT2D eigenvalue weighted by Crippen LogP contribution is 2.12. The molecule has 2 aromatic rings. The van der Waals surface area contributed by atoms with E-state index in [-0.39, 0.29) is 12.2 Å². The molecule has 0 spiro atoms. The molecule has 1 N–H and O–H groups in total. The second-order valence-corrected chi connectivity index (χ2v) is 4.98. The molecule has 0 saturated heterocycles. The van der Waals surface area contributed by atoms with E-state index in [9.17, 15) is 14.4 Å². The Hall–Kier alpha value is -3.21. The fourth-order valence-electron chi connectivity index (χ4n) is 1.98. The lowest BCUT2D eigenvalue weighted by Gasteiger charge is -2.02. The van der Waals surface area contributed by atoms with Crippen molar-refractivity contribution in [2.24, 2.45) is 0 Å². The van der Waals surface area contributed by atoms with Crippen LogP contribution in [0.25, 0.3) is 6.08 Å². The highest BCUT2D eigenvalue weighted by Gasteiger charge is 2.12. The second-order valence-electron chi connectivity index (χ2n) is 4.98. The summed E-state index contributed by atoms with van der Waals surface area (Å²) in [5, 5.41) is 2.16. The average Bonchev–Trinajstić information content (AvgIpc) is 2.61. The summed E-state index contributed by atoms with van der Waals surface area (Å²) in [4.78, 5) is 35.3. The number of ether oxygens (including phenoxy) is 1. The van der Waals surface area contributed by atoms with Crippen LogP contribution in [0.4, 0.5) is 0 Å². The summed E-state index contributed by atoms with van der Waals surface area (Å²) < 4.78 is 5.04. The van der Waals surface area contributed by atoms with Crippen LogP contribution in [0.1, 0.15) is 22.3 Å². The van der Waals surface area contributed by atoms with Crippen LogP contribution in [0, 0.1) is 0 Å². The first kappa shape index (κ1) is 17.1. The molecule has 0 unspecified atom stereocenters. The van der Waals surface area contributed by atoms with E-state index in [1.165, 1.54) is 6.08 Å². The Morgan fingerprint density at radius 2 is 1.67 bits per heavy atom. The lowest BCUT2D eigenvalue weighted by molar-refractivity contribution is -0.127. The monoisotopic (exact) mass is 323 g/mol. The van der Waals surface area contributed by atoms with Gasteiger partial charge in [-0.3, -0.25) is 19.7 Å². The maximum atomic E-state index is 11.9. The molecule has 5 heteroatoms. The molecule has 0 aliphatic rings. The van der Waals surface area contributed by atoms with Crippen molar-refractivity contribution >= 4 is 23.7 Å². The normalized spacial score (nSPS) is 10.4. The maximum absolute atomic E-state index is 11.9. The number of carbonyl (C=O) groups excluding carboxylic acids is 3. The third-order valence-corrected chi connectivity index (χ3v) is 3.22. The number of imide groups is 1. The van der Waals surface area contributed by atoms with E-state index in [1.807, 2.05) is 0 Å². The minimum atomic E-state index is -0.631. The van der Waals surface area contributed by atoms with Gasteiger partial charge in [0.05, 0.1) is 13.5 Å². The Bertz CT molecular complexity index is 749. The van der Waals surface area contributed by atoms with Crippen LogP contribution in [0.3, 0.4) is 0 Å². The summed E-state index contributed by atoms with van der Waals surface area (Å²) in [5.74, 6) is -0.823. The first-order valence-corrected chi connectivity index (χ1v) is 7.32. The number of Topliss-reactive ketones (excluding diaryl/α,β-unsaturated/α-hetero) is 1. The van der Waals surface area contributed by atoms with Crippen LogP contribution < -0.4 is 10.1 Å². The lowest BCUT2D eigenvalue weighted by Crippen LogP contribution is -2.30. The van der Waals surface area contributed by atoms with Crippen molar-refractivity contribution in [2.45, 2.75) is 6.42 Å². The molecule has 24 heavy (non-hydrogen) atoms. The van der Waals surface area contributed by atoms with Crippen molar-refractivity contribution in [3.8, 4) is 5.75 Å². The van der Waals surface area contributed by atoms with Gasteiger partial charge in [0.2, 0.25) is 5.91 Å². The highest BCUT2D eigenvalue weighted by molar-refractivity contribution is 6.12. The van der Waals surface area contributed by atoms with Gasteiger partial charge in [0.1, 0.15) is 5.75 Å². The highest BCUT2D eigenvalue weighted by atomic mass is 16.5. The number of methoxy groups -OCH3 is 1. The number of rotatable bonds is 6. The molecule has 0 saturated carbocycles. The van der Waals surface area contributed by atoms with Gasteiger partial charge in [-0.25, -0.2) is 0 Å². The van der Waals surface area contributed by atoms with Crippen molar-refractivity contribution in [1.82, 2.24) is 5.32 Å². The van der Waals surface area contributed by atoms with Crippen LogP contribution >= 0.6 is 0 Å². The van der Waals surface area contributed by atoms with Crippen LogP contribution in [-0.2, 0) is 9.59 Å². The largest absolute Gasteiger partial charge is 0.497 e. The van der Waals surface area contributed by atoms with Crippen LogP contribution in [0.15, 0.2) is 60.7 Å². The number of nitrogens with one attached hydrogen (secondary N) is 1. The van der Waals surface area contributed by atoms with E-state index in [1.54, 1.807) is 67.8 Å². The summed E-state index contributed by atoms with van der Waals surface area (Å²) in [6.45, 7) is 0. The summed E-state index contributed by atoms with van der Waals surface area (Å²) in [6.07, 6.45) is 2.44. The van der Waals surface area contributed by atoms with E-state index in [4.69, 9.17) is 4.74 Å². The zero-order chi connectivity index (χ0) is 17.4. The number of ketones is 1. The van der Waals surface area contributed by atoms with E-state index in [0.717, 1.165) is 5.56 Å². The summed E-state index contributed by atoms with van der Waals surface area (Å²) in [5.41, 5.74) is 1.23. The van der Waals surface area contributed by atoms with Crippen molar-refractivity contribution < 1.29 is 19.1 Å². The number of hydrogen-bond donors (Lipinski definition) is 1. The molecule has 5 nitrogen and oxygen atoms in total. The smallest absolute Gasteiger partial charge is 0.250 e. The van der Waals surface area contributed by atoms with Crippen molar-refractivity contribution in [1.29, 1.82) is 0 Å². The van der Waals surface area contributed by atoms with Gasteiger partial charge in [0, 0.05) is 11.6 Å². The molecule has 0 fully saturated rings. The first-order valence-electron chi connectivity index (χ1n) is 7.32. The van der Waals surface area contributed by atoms with Gasteiger partial charge >= 0.3 is 0 Å². The summed E-state index contributed by atoms with van der Waals surface area (Å²) >= 11 is 0. The van der Waals surface area contributed by atoms with E-state index in [2.05, 4.69) is 5.32 Å². The molecule has 2 rings (SSSR count). The van der Waals surface area contributed by atoms with Gasteiger partial charge in [-0.1, -0.05) is 42.5 Å². The van der Waals surface area contributed by atoms with Crippen molar-refractivity contribution in [3.63, 3.8) is 0 Å². The molecule has 0 heterocycles. The standard InChI is InChI=1S/C19H17NO4/c1-24-16-10-7-14(8-11-16)9-12-18(22)20-19(23)13-17(21)15-5-3-2-4-6-15/h2-12H,13H2,1H3,(H,20,22,23). The van der Waals surface area contributed by atoms with Gasteiger partial charge in [0.25, 0.3) is 5.91 Å². The Labute approximate surface area is 140 Å². The molecule has 0 aliphatic carbocycles. The molecular formula is C19H17NO4. The predicted molar refractivity (Wildman–Crippen MR) is 90.6 cm³/mol.